The van der Waals surface area contributed by atoms with Gasteiger partial charge in [0.05, 0.1) is 0 Å². The summed E-state index contributed by atoms with van der Waals surface area (Å²) >= 11 is 5.93. The van der Waals surface area contributed by atoms with E-state index in [1.165, 1.54) is 0 Å². The molecule has 2 aromatic carbocycles. The molecule has 0 saturated carbocycles. The lowest BCUT2D eigenvalue weighted by molar-refractivity contribution is 0.251. The van der Waals surface area contributed by atoms with Crippen LogP contribution in [0, 0.1) is 0 Å². The Hall–Kier alpha value is -2.86. The van der Waals surface area contributed by atoms with E-state index in [0.717, 1.165) is 11.1 Å². The van der Waals surface area contributed by atoms with Crippen molar-refractivity contribution >= 4 is 23.3 Å². The number of aromatic nitrogens is 2. The minimum atomic E-state index is -0.294. The van der Waals surface area contributed by atoms with Gasteiger partial charge in [-0.2, -0.15) is 4.98 Å². The Morgan fingerprint density at radius 3 is 2.62 bits per heavy atom. The summed E-state index contributed by atoms with van der Waals surface area (Å²) in [6.45, 7) is 4.40. The summed E-state index contributed by atoms with van der Waals surface area (Å²) < 4.78 is 5.26. The third-order valence-electron chi connectivity index (χ3n) is 3.69. The molecule has 0 spiro atoms. The van der Waals surface area contributed by atoms with E-state index in [2.05, 4.69) is 20.8 Å². The number of halogens is 1. The number of benzene rings is 2. The number of hydrogen-bond donors (Lipinski definition) is 2. The minimum absolute atomic E-state index is 0.205. The maximum absolute atomic E-state index is 12.0. The van der Waals surface area contributed by atoms with Crippen molar-refractivity contribution in [2.45, 2.75) is 26.3 Å². The number of hydrogen-bond acceptors (Lipinski definition) is 4. The molecule has 0 radical (unpaired) electrons. The quantitative estimate of drug-likeness (QED) is 0.673. The van der Waals surface area contributed by atoms with E-state index < -0.39 is 0 Å². The van der Waals surface area contributed by atoms with Gasteiger partial charge in [0.1, 0.15) is 0 Å². The lowest BCUT2D eigenvalue weighted by Crippen LogP contribution is -2.28. The summed E-state index contributed by atoms with van der Waals surface area (Å²) in [4.78, 5) is 16.4. The third kappa shape index (κ3) is 4.61. The van der Waals surface area contributed by atoms with Gasteiger partial charge >= 0.3 is 6.03 Å². The average molecular weight is 371 g/mol. The van der Waals surface area contributed by atoms with Crippen LogP contribution in [0.5, 0.6) is 0 Å². The monoisotopic (exact) mass is 370 g/mol. The van der Waals surface area contributed by atoms with Gasteiger partial charge in [-0.1, -0.05) is 42.7 Å². The standard InChI is InChI=1S/C19H19ClN4O2/c1-12(2)17-23-18(26-24-17)14-6-8-16(9-7-14)22-19(25)21-11-13-4-3-5-15(20)10-13/h3-10,12H,11H2,1-2H3,(H2,21,22,25). The molecule has 7 heteroatoms. The van der Waals surface area contributed by atoms with Crippen molar-refractivity contribution in [1.82, 2.24) is 15.5 Å². The molecule has 2 N–H and O–H groups in total. The topological polar surface area (TPSA) is 80.0 Å². The van der Waals surface area contributed by atoms with Crippen LogP contribution >= 0.6 is 11.6 Å². The molecule has 0 aliphatic carbocycles. The normalized spacial score (nSPS) is 10.8. The van der Waals surface area contributed by atoms with Gasteiger partial charge in [-0.3, -0.25) is 0 Å². The van der Waals surface area contributed by atoms with Gasteiger partial charge in [0.15, 0.2) is 5.82 Å². The second-order valence-corrected chi connectivity index (χ2v) is 6.56. The first-order valence-electron chi connectivity index (χ1n) is 8.24. The van der Waals surface area contributed by atoms with Crippen LogP contribution in [-0.4, -0.2) is 16.2 Å². The second kappa shape index (κ2) is 8.01. The fourth-order valence-corrected chi connectivity index (χ4v) is 2.50. The molecule has 1 aromatic heterocycles. The number of carbonyl (C=O) groups is 1. The fraction of sp³-hybridized carbons (Fsp3) is 0.211. The van der Waals surface area contributed by atoms with Crippen LogP contribution in [0.1, 0.15) is 31.2 Å². The van der Waals surface area contributed by atoms with Crippen LogP contribution in [0.2, 0.25) is 5.02 Å². The highest BCUT2D eigenvalue weighted by atomic mass is 35.5. The summed E-state index contributed by atoms with van der Waals surface area (Å²) in [7, 11) is 0. The van der Waals surface area contributed by atoms with E-state index in [1.807, 2.05) is 44.2 Å². The zero-order valence-electron chi connectivity index (χ0n) is 14.5. The Kier molecular flexibility index (Phi) is 5.53. The number of anilines is 1. The van der Waals surface area contributed by atoms with E-state index in [1.54, 1.807) is 18.2 Å². The molecule has 0 aliphatic rings. The molecule has 0 bridgehead atoms. The minimum Gasteiger partial charge on any atom is -0.334 e. The summed E-state index contributed by atoms with van der Waals surface area (Å²) in [6.07, 6.45) is 0. The van der Waals surface area contributed by atoms with Gasteiger partial charge in [-0.05, 0) is 42.0 Å². The first-order valence-corrected chi connectivity index (χ1v) is 8.62. The molecular weight excluding hydrogens is 352 g/mol. The summed E-state index contributed by atoms with van der Waals surface area (Å²) in [6, 6.07) is 14.3. The van der Waals surface area contributed by atoms with Crippen molar-refractivity contribution in [1.29, 1.82) is 0 Å². The number of nitrogens with zero attached hydrogens (tertiary/aromatic N) is 2. The highest BCUT2D eigenvalue weighted by molar-refractivity contribution is 6.30. The Bertz CT molecular complexity index is 891. The van der Waals surface area contributed by atoms with E-state index in [9.17, 15) is 4.79 Å². The molecule has 0 atom stereocenters. The molecule has 6 nitrogen and oxygen atoms in total. The van der Waals surface area contributed by atoms with Gasteiger partial charge in [-0.25, -0.2) is 4.79 Å². The van der Waals surface area contributed by atoms with Crippen molar-refractivity contribution in [3.63, 3.8) is 0 Å². The zero-order chi connectivity index (χ0) is 18.5. The number of nitrogens with one attached hydrogen (secondary N) is 2. The Labute approximate surface area is 156 Å². The van der Waals surface area contributed by atoms with Crippen molar-refractivity contribution in [2.24, 2.45) is 0 Å². The van der Waals surface area contributed by atoms with E-state index >= 15 is 0 Å². The van der Waals surface area contributed by atoms with Gasteiger partial charge in [0, 0.05) is 28.7 Å². The van der Waals surface area contributed by atoms with Gasteiger partial charge in [0.25, 0.3) is 5.89 Å². The van der Waals surface area contributed by atoms with Crippen LogP contribution in [0.3, 0.4) is 0 Å². The van der Waals surface area contributed by atoms with Crippen LogP contribution in [0.25, 0.3) is 11.5 Å². The molecule has 26 heavy (non-hydrogen) atoms. The lowest BCUT2D eigenvalue weighted by atomic mass is 10.2. The number of amides is 2. The van der Waals surface area contributed by atoms with Crippen molar-refractivity contribution < 1.29 is 9.32 Å². The molecule has 0 fully saturated rings. The maximum atomic E-state index is 12.0. The summed E-state index contributed by atoms with van der Waals surface area (Å²) in [5.74, 6) is 1.34. The second-order valence-electron chi connectivity index (χ2n) is 6.13. The number of carbonyl (C=O) groups excluding carboxylic acids is 1. The number of urea groups is 1. The predicted octanol–water partition coefficient (Wildman–Crippen LogP) is 4.84. The maximum Gasteiger partial charge on any atom is 0.319 e. The molecule has 134 valence electrons. The largest absolute Gasteiger partial charge is 0.334 e. The fourth-order valence-electron chi connectivity index (χ4n) is 2.29. The third-order valence-corrected chi connectivity index (χ3v) is 3.93. The van der Waals surface area contributed by atoms with Crippen molar-refractivity contribution in [2.75, 3.05) is 5.32 Å². The Morgan fingerprint density at radius 2 is 1.96 bits per heavy atom. The molecule has 0 unspecified atom stereocenters. The van der Waals surface area contributed by atoms with Gasteiger partial charge < -0.3 is 15.2 Å². The Balaban J connectivity index is 1.57. The predicted molar refractivity (Wildman–Crippen MR) is 101 cm³/mol. The van der Waals surface area contributed by atoms with Crippen molar-refractivity contribution in [3.05, 3.63) is 64.9 Å². The van der Waals surface area contributed by atoms with Gasteiger partial charge in [-0.15, -0.1) is 0 Å². The average Bonchev–Trinajstić information content (AvgIpc) is 3.11. The molecule has 0 saturated heterocycles. The molecule has 3 rings (SSSR count). The zero-order valence-corrected chi connectivity index (χ0v) is 15.2. The highest BCUT2D eigenvalue weighted by Crippen LogP contribution is 2.21. The molecular formula is C19H19ClN4O2. The first kappa shape index (κ1) is 17.9. The summed E-state index contributed by atoms with van der Waals surface area (Å²) in [5, 5.41) is 10.2. The SMILES string of the molecule is CC(C)c1noc(-c2ccc(NC(=O)NCc3cccc(Cl)c3)cc2)n1. The first-order chi connectivity index (χ1) is 12.5. The van der Waals surface area contributed by atoms with E-state index in [4.69, 9.17) is 16.1 Å². The van der Waals surface area contributed by atoms with Crippen LogP contribution in [0.4, 0.5) is 10.5 Å². The molecule has 1 heterocycles. The Morgan fingerprint density at radius 1 is 1.19 bits per heavy atom. The van der Waals surface area contributed by atoms with E-state index in [-0.39, 0.29) is 11.9 Å². The summed E-state index contributed by atoms with van der Waals surface area (Å²) in [5.41, 5.74) is 2.40. The van der Waals surface area contributed by atoms with Crippen LogP contribution in [-0.2, 0) is 6.54 Å². The van der Waals surface area contributed by atoms with E-state index in [0.29, 0.717) is 29.0 Å². The highest BCUT2D eigenvalue weighted by Gasteiger charge is 2.11. The molecule has 3 aromatic rings. The lowest BCUT2D eigenvalue weighted by Gasteiger charge is -2.08. The van der Waals surface area contributed by atoms with Crippen molar-refractivity contribution in [3.8, 4) is 11.5 Å². The smallest absolute Gasteiger partial charge is 0.319 e. The number of rotatable bonds is 5. The van der Waals surface area contributed by atoms with Gasteiger partial charge in [0.2, 0.25) is 0 Å². The van der Waals surface area contributed by atoms with Crippen LogP contribution in [0.15, 0.2) is 53.1 Å². The molecule has 0 aliphatic heterocycles. The van der Waals surface area contributed by atoms with Crippen LogP contribution < -0.4 is 10.6 Å². The molecule has 2 amide bonds.